The van der Waals surface area contributed by atoms with Gasteiger partial charge in [-0.3, -0.25) is 9.36 Å². The fraction of sp³-hybridized carbons (Fsp3) is 0.526. The van der Waals surface area contributed by atoms with Crippen LogP contribution in [0.5, 0.6) is 0 Å². The first-order valence-corrected chi connectivity index (χ1v) is 8.30. The van der Waals surface area contributed by atoms with E-state index in [9.17, 15) is 4.79 Å². The molecule has 1 aliphatic heterocycles. The number of hydrogen-bond acceptors (Lipinski definition) is 3. The molecule has 0 N–H and O–H groups in total. The largest absolute Gasteiger partial charge is 1.00 e. The predicted molar refractivity (Wildman–Crippen MR) is 96.6 cm³/mol. The number of piperidine rings is 1. The quantitative estimate of drug-likeness (QED) is 0.693. The number of aryl methyl sites for hydroxylation is 1. The first-order valence-electron chi connectivity index (χ1n) is 8.30. The van der Waals surface area contributed by atoms with Crippen molar-refractivity contribution in [3.8, 4) is 0 Å². The molecule has 2 heterocycles. The Morgan fingerprint density at radius 3 is 2.58 bits per heavy atom. The number of benzene rings is 1. The number of fused-ring (bicyclic) bond motifs is 1. The van der Waals surface area contributed by atoms with Gasteiger partial charge in [0.2, 0.25) is 0 Å². The zero-order valence-electron chi connectivity index (χ0n) is 15.6. The van der Waals surface area contributed by atoms with Crippen molar-refractivity contribution in [3.63, 3.8) is 0 Å². The van der Waals surface area contributed by atoms with E-state index in [1.807, 2.05) is 35.8 Å². The van der Waals surface area contributed by atoms with Crippen molar-refractivity contribution in [3.05, 3.63) is 47.9 Å². The average Bonchev–Trinajstić information content (AvgIpc) is 2.52. The molecular formula is C19H28N3ORb. The second kappa shape index (κ2) is 10.3. The maximum atomic E-state index is 12.6. The minimum Gasteiger partial charge on any atom is -0.358 e. The zero-order chi connectivity index (χ0) is 15.5. The molecule has 2 aromatic rings. The van der Waals surface area contributed by atoms with Crippen LogP contribution in [0.2, 0.25) is 0 Å². The van der Waals surface area contributed by atoms with Gasteiger partial charge in [0.1, 0.15) is 5.82 Å². The van der Waals surface area contributed by atoms with Crippen LogP contribution in [0.1, 0.15) is 31.5 Å². The minimum absolute atomic E-state index is 0. The van der Waals surface area contributed by atoms with E-state index in [0.717, 1.165) is 35.6 Å². The van der Waals surface area contributed by atoms with Crippen molar-refractivity contribution in [2.24, 2.45) is 5.92 Å². The topological polar surface area (TPSA) is 38.1 Å². The number of aromatic nitrogens is 2. The van der Waals surface area contributed by atoms with Crippen LogP contribution in [0, 0.1) is 20.3 Å². The Hall–Kier alpha value is 0.125. The first kappa shape index (κ1) is 22.2. The van der Waals surface area contributed by atoms with Gasteiger partial charge < -0.3 is 12.3 Å². The third kappa shape index (κ3) is 5.31. The van der Waals surface area contributed by atoms with Crippen molar-refractivity contribution in [2.75, 3.05) is 20.1 Å². The van der Waals surface area contributed by atoms with Crippen LogP contribution in [-0.4, -0.2) is 34.6 Å². The van der Waals surface area contributed by atoms with Crippen molar-refractivity contribution in [2.45, 2.75) is 39.2 Å². The smallest absolute Gasteiger partial charge is 0.358 e. The van der Waals surface area contributed by atoms with E-state index < -0.39 is 0 Å². The van der Waals surface area contributed by atoms with Gasteiger partial charge in [0.15, 0.2) is 0 Å². The van der Waals surface area contributed by atoms with Crippen LogP contribution in [0.15, 0.2) is 29.1 Å². The summed E-state index contributed by atoms with van der Waals surface area (Å²) in [5.74, 6) is 1.65. The van der Waals surface area contributed by atoms with Crippen LogP contribution < -0.4 is 63.7 Å². The fourth-order valence-electron chi connectivity index (χ4n) is 3.43. The van der Waals surface area contributed by atoms with Gasteiger partial charge in [-0.25, -0.2) is 4.98 Å². The van der Waals surface area contributed by atoms with Gasteiger partial charge in [-0.1, -0.05) is 12.1 Å². The van der Waals surface area contributed by atoms with Crippen LogP contribution >= 0.6 is 0 Å². The molecule has 1 aliphatic rings. The summed E-state index contributed by atoms with van der Waals surface area (Å²) in [6.07, 6.45) is 4.86. The van der Waals surface area contributed by atoms with E-state index in [1.54, 1.807) is 0 Å². The molecule has 0 aliphatic carbocycles. The summed E-state index contributed by atoms with van der Waals surface area (Å²) in [4.78, 5) is 19.6. The minimum atomic E-state index is 0. The van der Waals surface area contributed by atoms with E-state index >= 15 is 0 Å². The third-order valence-electron chi connectivity index (χ3n) is 4.88. The van der Waals surface area contributed by atoms with Gasteiger partial charge in [0, 0.05) is 6.54 Å². The van der Waals surface area contributed by atoms with Crippen LogP contribution in [0.4, 0.5) is 0 Å². The molecule has 1 aromatic heterocycles. The maximum absolute atomic E-state index is 12.6. The number of hydrogen-bond donors (Lipinski definition) is 0. The van der Waals surface area contributed by atoms with E-state index in [2.05, 4.69) is 16.9 Å². The molecule has 1 aromatic carbocycles. The van der Waals surface area contributed by atoms with Crippen LogP contribution in [0.3, 0.4) is 0 Å². The number of likely N-dealkylation sites (tertiary alicyclic amines) is 1. The molecule has 0 saturated carbocycles. The van der Waals surface area contributed by atoms with E-state index in [1.165, 1.54) is 32.4 Å². The van der Waals surface area contributed by atoms with Gasteiger partial charge in [-0.2, -0.15) is 0 Å². The summed E-state index contributed by atoms with van der Waals surface area (Å²) < 4.78 is 1.84. The number of nitrogens with zero attached hydrogens (tertiary/aromatic N) is 3. The molecule has 0 amide bonds. The van der Waals surface area contributed by atoms with Crippen molar-refractivity contribution >= 4 is 10.9 Å². The van der Waals surface area contributed by atoms with Crippen molar-refractivity contribution in [1.29, 1.82) is 0 Å². The molecule has 126 valence electrons. The molecule has 0 radical (unpaired) electrons. The number of para-hydroxylation sites is 1. The summed E-state index contributed by atoms with van der Waals surface area (Å²) in [5.41, 5.74) is 0.906. The predicted octanol–water partition coefficient (Wildman–Crippen LogP) is 0.281. The zero-order valence-corrected chi connectivity index (χ0v) is 20.5. The Morgan fingerprint density at radius 2 is 1.88 bits per heavy atom. The monoisotopic (exact) mass is 399 g/mol. The van der Waals surface area contributed by atoms with E-state index in [0.29, 0.717) is 0 Å². The summed E-state index contributed by atoms with van der Waals surface area (Å²) in [5, 5.41) is 0.729. The Morgan fingerprint density at radius 1 is 1.21 bits per heavy atom. The Balaban J connectivity index is 0.00000144. The Labute approximate surface area is 194 Å². The van der Waals surface area contributed by atoms with Gasteiger partial charge in [-0.15, -0.1) is 0 Å². The SMILES string of the molecule is Cc1nc2ccccc2c(=O)n1CCCC1CCN(C)CC1.[CH3-].[Rb+]. The molecule has 5 heteroatoms. The van der Waals surface area contributed by atoms with Gasteiger partial charge in [-0.05, 0) is 70.8 Å². The fourth-order valence-corrected chi connectivity index (χ4v) is 3.43. The van der Waals surface area contributed by atoms with Crippen LogP contribution in [-0.2, 0) is 6.54 Å². The standard InChI is InChI=1S/C18H25N3O.CH3.Rb/c1-14-19-17-8-4-3-7-16(17)18(22)21(14)11-5-6-15-9-12-20(2)13-10-15;;/h3-4,7-8,15H,5-6,9-13H2,1-2H3;1H3;/q;-1;+1. The first-order chi connectivity index (χ1) is 10.6. The summed E-state index contributed by atoms with van der Waals surface area (Å²) in [7, 11) is 2.19. The molecule has 4 nitrogen and oxygen atoms in total. The normalized spacial score (nSPS) is 15.8. The van der Waals surface area contributed by atoms with E-state index in [4.69, 9.17) is 0 Å². The summed E-state index contributed by atoms with van der Waals surface area (Å²) in [6, 6.07) is 7.62. The second-order valence-electron chi connectivity index (χ2n) is 6.52. The summed E-state index contributed by atoms with van der Waals surface area (Å²) >= 11 is 0. The summed E-state index contributed by atoms with van der Waals surface area (Å²) in [6.45, 7) is 5.14. The van der Waals surface area contributed by atoms with Crippen molar-refractivity contribution < 1.29 is 58.2 Å². The Kier molecular flexibility index (Phi) is 9.53. The van der Waals surface area contributed by atoms with Crippen molar-refractivity contribution in [1.82, 2.24) is 14.5 Å². The molecule has 0 spiro atoms. The van der Waals surface area contributed by atoms with Gasteiger partial charge >= 0.3 is 58.2 Å². The molecule has 3 rings (SSSR count). The average molecular weight is 400 g/mol. The second-order valence-corrected chi connectivity index (χ2v) is 6.52. The molecule has 1 fully saturated rings. The maximum Gasteiger partial charge on any atom is 1.00 e. The van der Waals surface area contributed by atoms with Crippen LogP contribution in [0.25, 0.3) is 10.9 Å². The van der Waals surface area contributed by atoms with Gasteiger partial charge in [0.05, 0.1) is 10.9 Å². The van der Waals surface area contributed by atoms with E-state index in [-0.39, 0.29) is 71.2 Å². The molecule has 1 saturated heterocycles. The molecule has 24 heavy (non-hydrogen) atoms. The molecule has 0 atom stereocenters. The molecule has 0 bridgehead atoms. The van der Waals surface area contributed by atoms with Gasteiger partial charge in [0.25, 0.3) is 5.56 Å². The Bertz CT molecular complexity index is 705. The number of rotatable bonds is 4. The third-order valence-corrected chi connectivity index (χ3v) is 4.88. The molecule has 0 unspecified atom stereocenters. The molecular weight excluding hydrogens is 372 g/mol.